The average Bonchev–Trinajstić information content (AvgIpc) is 3.38. The molecule has 35 heavy (non-hydrogen) atoms. The quantitative estimate of drug-likeness (QED) is 0.452. The third-order valence-electron chi connectivity index (χ3n) is 4.87. The number of anilines is 1. The van der Waals surface area contributed by atoms with Crippen LogP contribution in [0.4, 0.5) is 18.9 Å². The van der Waals surface area contributed by atoms with Crippen LogP contribution in [0.2, 0.25) is 5.02 Å². The second-order valence-electron chi connectivity index (χ2n) is 7.17. The highest BCUT2D eigenvalue weighted by atomic mass is 35.5. The number of furan rings is 1. The number of aromatic carboxylic acids is 2. The van der Waals surface area contributed by atoms with Crippen LogP contribution < -0.4 is 5.01 Å². The lowest BCUT2D eigenvalue weighted by atomic mass is 10.1. The number of hydrazone groups is 1. The van der Waals surface area contributed by atoms with Crippen LogP contribution in [0, 0.1) is 0 Å². The maximum absolute atomic E-state index is 13.7. The van der Waals surface area contributed by atoms with E-state index in [4.69, 9.17) is 21.1 Å². The molecule has 2 N–H and O–H groups in total. The van der Waals surface area contributed by atoms with Gasteiger partial charge in [-0.25, -0.2) is 9.59 Å². The van der Waals surface area contributed by atoms with E-state index in [0.29, 0.717) is 5.01 Å². The fraction of sp³-hybridized carbons (Fsp3) is 0.0435. The molecule has 0 unspecified atom stereocenters. The Morgan fingerprint density at radius 2 is 1.77 bits per heavy atom. The van der Waals surface area contributed by atoms with Crippen LogP contribution in [-0.4, -0.2) is 39.9 Å². The molecule has 0 spiro atoms. The Morgan fingerprint density at radius 1 is 1.03 bits per heavy atom. The molecule has 0 bridgehead atoms. The van der Waals surface area contributed by atoms with Gasteiger partial charge < -0.3 is 14.6 Å². The standard InChI is InChI=1S/C23H12ClF3N2O6/c24-12-4-6-15(22(33)34)16(9-12)18-7-5-14(35-18)10-17-19(23(25,26)27)28-29(20(17)30)13-3-1-2-11(8-13)21(31)32/h1-10H,(H,31,32)(H,33,34)/b17-10-. The van der Waals surface area contributed by atoms with Gasteiger partial charge >= 0.3 is 18.1 Å². The summed E-state index contributed by atoms with van der Waals surface area (Å²) in [7, 11) is 0. The monoisotopic (exact) mass is 504 g/mol. The normalized spacial score (nSPS) is 15.0. The van der Waals surface area contributed by atoms with E-state index in [1.54, 1.807) is 0 Å². The highest BCUT2D eigenvalue weighted by molar-refractivity contribution is 6.34. The van der Waals surface area contributed by atoms with Crippen molar-refractivity contribution in [3.8, 4) is 11.3 Å². The molecular weight excluding hydrogens is 493 g/mol. The summed E-state index contributed by atoms with van der Waals surface area (Å²) < 4.78 is 46.6. The van der Waals surface area contributed by atoms with E-state index >= 15 is 0 Å². The van der Waals surface area contributed by atoms with Gasteiger partial charge in [0.15, 0.2) is 5.71 Å². The largest absolute Gasteiger partial charge is 0.478 e. The molecule has 12 heteroatoms. The summed E-state index contributed by atoms with van der Waals surface area (Å²) in [4.78, 5) is 35.6. The summed E-state index contributed by atoms with van der Waals surface area (Å²) in [5.41, 5.74) is -2.84. The summed E-state index contributed by atoms with van der Waals surface area (Å²) in [6, 6.07) is 11.2. The Balaban J connectivity index is 1.76. The maximum atomic E-state index is 13.7. The summed E-state index contributed by atoms with van der Waals surface area (Å²) in [6.07, 6.45) is -4.19. The smallest absolute Gasteiger partial charge is 0.435 e. The Hall–Kier alpha value is -4.38. The third kappa shape index (κ3) is 4.66. The van der Waals surface area contributed by atoms with Gasteiger partial charge in [-0.1, -0.05) is 17.7 Å². The molecule has 4 rings (SSSR count). The van der Waals surface area contributed by atoms with Gasteiger partial charge in [0.2, 0.25) is 0 Å². The summed E-state index contributed by atoms with van der Waals surface area (Å²) in [6.45, 7) is 0. The number of carboxylic acids is 2. The number of benzene rings is 2. The molecule has 0 fully saturated rings. The van der Waals surface area contributed by atoms with Crippen molar-refractivity contribution in [3.05, 3.63) is 82.1 Å². The van der Waals surface area contributed by atoms with Crippen molar-refractivity contribution in [3.63, 3.8) is 0 Å². The van der Waals surface area contributed by atoms with E-state index in [1.165, 1.54) is 48.5 Å². The fourth-order valence-electron chi connectivity index (χ4n) is 3.32. The van der Waals surface area contributed by atoms with Crippen molar-refractivity contribution in [1.29, 1.82) is 0 Å². The number of carboxylic acid groups (broad SMARTS) is 2. The topological polar surface area (TPSA) is 120 Å². The van der Waals surface area contributed by atoms with E-state index in [-0.39, 0.29) is 38.9 Å². The Kier molecular flexibility index (Phi) is 5.95. The number of carbonyl (C=O) groups excluding carboxylic acids is 1. The molecule has 0 radical (unpaired) electrons. The Labute approximate surface area is 199 Å². The van der Waals surface area contributed by atoms with Crippen molar-refractivity contribution >= 4 is 46.9 Å². The first-order chi connectivity index (χ1) is 16.5. The highest BCUT2D eigenvalue weighted by Crippen LogP contribution is 2.34. The minimum atomic E-state index is -5.01. The van der Waals surface area contributed by atoms with Gasteiger partial charge in [0.25, 0.3) is 5.91 Å². The molecule has 2 aromatic carbocycles. The summed E-state index contributed by atoms with van der Waals surface area (Å²) >= 11 is 5.93. The molecule has 1 amide bonds. The van der Waals surface area contributed by atoms with Crippen molar-refractivity contribution in [2.45, 2.75) is 6.18 Å². The first kappa shape index (κ1) is 23.8. The van der Waals surface area contributed by atoms with Gasteiger partial charge in [0.05, 0.1) is 22.4 Å². The molecule has 0 saturated carbocycles. The summed E-state index contributed by atoms with van der Waals surface area (Å²) in [5, 5.41) is 22.5. The molecule has 1 aliphatic heterocycles. The molecule has 1 aliphatic rings. The molecular formula is C23H12ClF3N2O6. The minimum Gasteiger partial charge on any atom is -0.478 e. The number of hydrogen-bond acceptors (Lipinski definition) is 5. The van der Waals surface area contributed by atoms with Gasteiger partial charge in [0, 0.05) is 10.6 Å². The predicted molar refractivity (Wildman–Crippen MR) is 118 cm³/mol. The lowest BCUT2D eigenvalue weighted by Gasteiger charge is -2.11. The highest BCUT2D eigenvalue weighted by Gasteiger charge is 2.47. The molecule has 1 aromatic heterocycles. The van der Waals surface area contributed by atoms with Crippen molar-refractivity contribution in [1.82, 2.24) is 0 Å². The second-order valence-corrected chi connectivity index (χ2v) is 7.61. The number of amides is 1. The number of rotatable bonds is 5. The van der Waals surface area contributed by atoms with Gasteiger partial charge in [-0.15, -0.1) is 0 Å². The van der Waals surface area contributed by atoms with E-state index in [2.05, 4.69) is 5.10 Å². The third-order valence-corrected chi connectivity index (χ3v) is 5.11. The molecule has 8 nitrogen and oxygen atoms in total. The molecule has 3 aromatic rings. The molecule has 0 aliphatic carbocycles. The van der Waals surface area contributed by atoms with E-state index in [0.717, 1.165) is 12.1 Å². The van der Waals surface area contributed by atoms with Crippen molar-refractivity contribution in [2.75, 3.05) is 5.01 Å². The number of hydrogen-bond donors (Lipinski definition) is 2. The maximum Gasteiger partial charge on any atom is 0.435 e. The lowest BCUT2D eigenvalue weighted by Crippen LogP contribution is -2.25. The Bertz CT molecular complexity index is 1440. The van der Waals surface area contributed by atoms with E-state index in [1.807, 2.05) is 0 Å². The number of alkyl halides is 3. The molecule has 0 atom stereocenters. The van der Waals surface area contributed by atoms with Crippen LogP contribution in [0.5, 0.6) is 0 Å². The van der Waals surface area contributed by atoms with Gasteiger partial charge in [-0.05, 0) is 54.6 Å². The van der Waals surface area contributed by atoms with Crippen LogP contribution in [0.1, 0.15) is 26.5 Å². The molecule has 0 saturated heterocycles. The van der Waals surface area contributed by atoms with Crippen LogP contribution in [-0.2, 0) is 4.79 Å². The SMILES string of the molecule is O=C(O)c1cccc(N2N=C(C(F)(F)F)/C(=C/c3ccc(-c4cc(Cl)ccc4C(=O)O)o3)C2=O)c1. The second kappa shape index (κ2) is 8.76. The fourth-order valence-corrected chi connectivity index (χ4v) is 3.50. The number of carbonyl (C=O) groups is 3. The first-order valence-corrected chi connectivity index (χ1v) is 10.0. The van der Waals surface area contributed by atoms with E-state index < -0.39 is 35.3 Å². The van der Waals surface area contributed by atoms with Crippen LogP contribution in [0.25, 0.3) is 17.4 Å². The van der Waals surface area contributed by atoms with Gasteiger partial charge in [-0.2, -0.15) is 23.3 Å². The zero-order valence-electron chi connectivity index (χ0n) is 17.2. The minimum absolute atomic E-state index is 0.00120. The number of halogens is 4. The zero-order valence-corrected chi connectivity index (χ0v) is 18.0. The summed E-state index contributed by atoms with van der Waals surface area (Å²) in [5.74, 6) is -3.95. The number of nitrogens with zero attached hydrogens (tertiary/aromatic N) is 2. The average molecular weight is 505 g/mol. The van der Waals surface area contributed by atoms with Crippen LogP contribution in [0.15, 0.2) is 69.7 Å². The molecule has 2 heterocycles. The Morgan fingerprint density at radius 3 is 2.43 bits per heavy atom. The predicted octanol–water partition coefficient (Wildman–Crippen LogP) is 5.34. The van der Waals surface area contributed by atoms with Crippen molar-refractivity contribution in [2.24, 2.45) is 5.10 Å². The van der Waals surface area contributed by atoms with Gasteiger partial charge in [0.1, 0.15) is 11.5 Å². The van der Waals surface area contributed by atoms with E-state index in [9.17, 15) is 32.7 Å². The first-order valence-electron chi connectivity index (χ1n) is 9.64. The van der Waals surface area contributed by atoms with Crippen molar-refractivity contribution < 1.29 is 42.2 Å². The lowest BCUT2D eigenvalue weighted by molar-refractivity contribution is -0.114. The molecule has 178 valence electrons. The van der Waals surface area contributed by atoms with Crippen LogP contribution in [0.3, 0.4) is 0 Å². The van der Waals surface area contributed by atoms with Crippen LogP contribution >= 0.6 is 11.6 Å². The zero-order chi connectivity index (χ0) is 25.5. The van der Waals surface area contributed by atoms with Gasteiger partial charge in [-0.3, -0.25) is 4.79 Å².